The second-order valence-electron chi connectivity index (χ2n) is 4.19. The maximum atomic E-state index is 10.4. The summed E-state index contributed by atoms with van der Waals surface area (Å²) in [5.41, 5.74) is -1.11. The van der Waals surface area contributed by atoms with E-state index in [0.29, 0.717) is 12.3 Å². The van der Waals surface area contributed by atoms with Crippen molar-refractivity contribution in [2.45, 2.75) is 37.4 Å². The Morgan fingerprint density at radius 2 is 2.23 bits per heavy atom. The van der Waals surface area contributed by atoms with Crippen molar-refractivity contribution >= 4 is 5.97 Å². The standard InChI is InChI=1S/C9H14O4/c10-8(11)4-9(12)3-7(13-5-9)6-1-2-6/h6-7,12H,1-5H2,(H,10,11). The van der Waals surface area contributed by atoms with Crippen LogP contribution in [0.1, 0.15) is 25.7 Å². The maximum absolute atomic E-state index is 10.4. The molecule has 1 aliphatic carbocycles. The first-order valence-corrected chi connectivity index (χ1v) is 4.65. The molecule has 0 spiro atoms. The molecule has 2 atom stereocenters. The first kappa shape index (κ1) is 8.97. The molecule has 1 heterocycles. The molecule has 1 aliphatic heterocycles. The molecule has 0 amide bonds. The Morgan fingerprint density at radius 3 is 2.77 bits per heavy atom. The molecule has 74 valence electrons. The van der Waals surface area contributed by atoms with Gasteiger partial charge < -0.3 is 14.9 Å². The van der Waals surface area contributed by atoms with Gasteiger partial charge in [0.25, 0.3) is 0 Å². The third kappa shape index (κ3) is 2.00. The van der Waals surface area contributed by atoms with Crippen LogP contribution in [0.4, 0.5) is 0 Å². The van der Waals surface area contributed by atoms with Crippen LogP contribution in [0.2, 0.25) is 0 Å². The number of aliphatic carboxylic acids is 1. The first-order chi connectivity index (χ1) is 6.09. The molecule has 4 heteroatoms. The highest BCUT2D eigenvalue weighted by molar-refractivity contribution is 5.68. The minimum absolute atomic E-state index is 0.101. The molecule has 2 aliphatic rings. The van der Waals surface area contributed by atoms with Crippen LogP contribution in [0, 0.1) is 5.92 Å². The summed E-state index contributed by atoms with van der Waals surface area (Å²) in [6, 6.07) is 0. The summed E-state index contributed by atoms with van der Waals surface area (Å²) in [5.74, 6) is -0.384. The van der Waals surface area contributed by atoms with Gasteiger partial charge in [-0.25, -0.2) is 0 Å². The summed E-state index contributed by atoms with van der Waals surface area (Å²) in [6.07, 6.45) is 2.71. The summed E-state index contributed by atoms with van der Waals surface area (Å²) in [5, 5.41) is 18.4. The lowest BCUT2D eigenvalue weighted by atomic mass is 9.95. The van der Waals surface area contributed by atoms with E-state index in [4.69, 9.17) is 9.84 Å². The van der Waals surface area contributed by atoms with Crippen molar-refractivity contribution in [3.05, 3.63) is 0 Å². The van der Waals surface area contributed by atoms with Crippen LogP contribution in [-0.2, 0) is 9.53 Å². The van der Waals surface area contributed by atoms with Crippen LogP contribution in [0.15, 0.2) is 0 Å². The molecule has 2 N–H and O–H groups in total. The molecule has 0 radical (unpaired) electrons. The number of carboxylic acid groups (broad SMARTS) is 1. The normalized spacial score (nSPS) is 39.3. The molecule has 2 unspecified atom stereocenters. The van der Waals surface area contributed by atoms with Crippen LogP contribution in [0.5, 0.6) is 0 Å². The van der Waals surface area contributed by atoms with Crippen molar-refractivity contribution in [1.82, 2.24) is 0 Å². The number of rotatable bonds is 3. The number of carboxylic acids is 1. The SMILES string of the molecule is O=C(O)CC1(O)COC(C2CC2)C1. The zero-order valence-electron chi connectivity index (χ0n) is 7.40. The molecule has 0 aromatic carbocycles. The molecule has 4 nitrogen and oxygen atoms in total. The molecule has 1 saturated carbocycles. The van der Waals surface area contributed by atoms with Crippen LogP contribution in [-0.4, -0.2) is 34.5 Å². The summed E-state index contributed by atoms with van der Waals surface area (Å²) >= 11 is 0. The van der Waals surface area contributed by atoms with Gasteiger partial charge in [-0.1, -0.05) is 0 Å². The summed E-state index contributed by atoms with van der Waals surface area (Å²) < 4.78 is 5.38. The molecule has 2 rings (SSSR count). The van der Waals surface area contributed by atoms with Crippen molar-refractivity contribution in [2.75, 3.05) is 6.61 Å². The van der Waals surface area contributed by atoms with Crippen LogP contribution >= 0.6 is 0 Å². The van der Waals surface area contributed by atoms with Gasteiger partial charge in [-0.05, 0) is 18.8 Å². The fourth-order valence-electron chi connectivity index (χ4n) is 1.93. The van der Waals surface area contributed by atoms with E-state index < -0.39 is 11.6 Å². The van der Waals surface area contributed by atoms with E-state index in [1.165, 1.54) is 0 Å². The van der Waals surface area contributed by atoms with E-state index in [2.05, 4.69) is 0 Å². The number of ether oxygens (including phenoxy) is 1. The summed E-state index contributed by atoms with van der Waals surface area (Å²) in [6.45, 7) is 0.181. The van der Waals surface area contributed by atoms with Gasteiger partial charge in [0.15, 0.2) is 0 Å². The van der Waals surface area contributed by atoms with E-state index in [1.54, 1.807) is 0 Å². The van der Waals surface area contributed by atoms with E-state index >= 15 is 0 Å². The number of carbonyl (C=O) groups is 1. The van der Waals surface area contributed by atoms with Crippen molar-refractivity contribution in [3.63, 3.8) is 0 Å². The van der Waals surface area contributed by atoms with Crippen LogP contribution in [0.25, 0.3) is 0 Å². The second kappa shape index (κ2) is 2.96. The number of hydrogen-bond acceptors (Lipinski definition) is 3. The Morgan fingerprint density at radius 1 is 1.54 bits per heavy atom. The van der Waals surface area contributed by atoms with E-state index in [-0.39, 0.29) is 19.1 Å². The smallest absolute Gasteiger partial charge is 0.306 e. The Bertz CT molecular complexity index is 224. The van der Waals surface area contributed by atoms with Gasteiger partial charge in [0.05, 0.1) is 19.1 Å². The molecule has 0 bridgehead atoms. The van der Waals surface area contributed by atoms with Gasteiger partial charge in [-0.3, -0.25) is 4.79 Å². The third-order valence-corrected chi connectivity index (χ3v) is 2.78. The van der Waals surface area contributed by atoms with Gasteiger partial charge in [0.1, 0.15) is 5.60 Å². The minimum Gasteiger partial charge on any atom is -0.481 e. The van der Waals surface area contributed by atoms with Gasteiger partial charge in [-0.2, -0.15) is 0 Å². The Balaban J connectivity index is 1.90. The monoisotopic (exact) mass is 186 g/mol. The van der Waals surface area contributed by atoms with E-state index in [0.717, 1.165) is 12.8 Å². The average Bonchev–Trinajstić information content (AvgIpc) is 2.75. The quantitative estimate of drug-likeness (QED) is 0.669. The Labute approximate surface area is 76.5 Å². The topological polar surface area (TPSA) is 66.8 Å². The number of aliphatic hydroxyl groups is 1. The largest absolute Gasteiger partial charge is 0.481 e. The van der Waals surface area contributed by atoms with Crippen LogP contribution in [0.3, 0.4) is 0 Å². The van der Waals surface area contributed by atoms with Crippen molar-refractivity contribution < 1.29 is 19.7 Å². The molecule has 1 saturated heterocycles. The maximum Gasteiger partial charge on any atom is 0.306 e. The highest BCUT2D eigenvalue weighted by Crippen LogP contribution is 2.42. The second-order valence-corrected chi connectivity index (χ2v) is 4.19. The van der Waals surface area contributed by atoms with Gasteiger partial charge >= 0.3 is 5.97 Å². The summed E-state index contributed by atoms with van der Waals surface area (Å²) in [4.78, 5) is 10.4. The lowest BCUT2D eigenvalue weighted by molar-refractivity contribution is -0.142. The zero-order chi connectivity index (χ0) is 9.47. The first-order valence-electron chi connectivity index (χ1n) is 4.65. The highest BCUT2D eigenvalue weighted by Gasteiger charge is 2.45. The third-order valence-electron chi connectivity index (χ3n) is 2.78. The average molecular weight is 186 g/mol. The highest BCUT2D eigenvalue weighted by atomic mass is 16.5. The fraction of sp³-hybridized carbons (Fsp3) is 0.889. The Kier molecular flexibility index (Phi) is 2.04. The van der Waals surface area contributed by atoms with Gasteiger partial charge in [0.2, 0.25) is 0 Å². The number of hydrogen-bond donors (Lipinski definition) is 2. The molecule has 13 heavy (non-hydrogen) atoms. The molecule has 0 aromatic heterocycles. The van der Waals surface area contributed by atoms with Gasteiger partial charge in [-0.15, -0.1) is 0 Å². The predicted octanol–water partition coefficient (Wildman–Crippen LogP) is 0.391. The van der Waals surface area contributed by atoms with E-state index in [1.807, 2.05) is 0 Å². The molecule has 2 fully saturated rings. The molecular weight excluding hydrogens is 172 g/mol. The summed E-state index contributed by atoms with van der Waals surface area (Å²) in [7, 11) is 0. The Hall–Kier alpha value is -0.610. The van der Waals surface area contributed by atoms with Crippen LogP contribution < -0.4 is 0 Å². The lowest BCUT2D eigenvalue weighted by Gasteiger charge is -2.17. The van der Waals surface area contributed by atoms with E-state index in [9.17, 15) is 9.90 Å². The zero-order valence-corrected chi connectivity index (χ0v) is 7.40. The van der Waals surface area contributed by atoms with Crippen molar-refractivity contribution in [3.8, 4) is 0 Å². The lowest BCUT2D eigenvalue weighted by Crippen LogP contribution is -2.32. The predicted molar refractivity (Wildman–Crippen MR) is 44.3 cm³/mol. The molecule has 0 aromatic rings. The minimum atomic E-state index is -1.11. The van der Waals surface area contributed by atoms with Crippen molar-refractivity contribution in [1.29, 1.82) is 0 Å². The van der Waals surface area contributed by atoms with Crippen molar-refractivity contribution in [2.24, 2.45) is 5.92 Å². The molecular formula is C9H14O4. The fourth-order valence-corrected chi connectivity index (χ4v) is 1.93. The van der Waals surface area contributed by atoms with Gasteiger partial charge in [0, 0.05) is 6.42 Å².